The third-order valence-corrected chi connectivity index (χ3v) is 3.57. The number of sulfone groups is 1. The van der Waals surface area contributed by atoms with Crippen molar-refractivity contribution >= 4 is 9.84 Å². The molecule has 3 nitrogen and oxygen atoms in total. The molecule has 14 heavy (non-hydrogen) atoms. The highest BCUT2D eigenvalue weighted by atomic mass is 32.2. The first-order valence-electron chi connectivity index (χ1n) is 4.22. The van der Waals surface area contributed by atoms with Crippen molar-refractivity contribution in [1.29, 1.82) is 0 Å². The van der Waals surface area contributed by atoms with Gasteiger partial charge in [0.2, 0.25) is 0 Å². The summed E-state index contributed by atoms with van der Waals surface area (Å²) in [6.07, 6.45) is 0. The summed E-state index contributed by atoms with van der Waals surface area (Å²) < 4.78 is 27.7. The van der Waals surface area contributed by atoms with E-state index in [0.717, 1.165) is 5.56 Å². The summed E-state index contributed by atoms with van der Waals surface area (Å²) in [6, 6.07) is 6.76. The van der Waals surface area contributed by atoms with Gasteiger partial charge < -0.3 is 4.74 Å². The fourth-order valence-corrected chi connectivity index (χ4v) is 2.16. The smallest absolute Gasteiger partial charge is 0.180 e. The Morgan fingerprint density at radius 3 is 2.36 bits per heavy atom. The lowest BCUT2D eigenvalue weighted by Gasteiger charge is -2.03. The Morgan fingerprint density at radius 1 is 1.29 bits per heavy atom. The molecule has 1 radical (unpaired) electrons. The minimum absolute atomic E-state index is 0.0282. The molecule has 0 atom stereocenters. The van der Waals surface area contributed by atoms with Crippen LogP contribution in [0.15, 0.2) is 29.2 Å². The van der Waals surface area contributed by atoms with Crippen LogP contribution in [-0.2, 0) is 14.6 Å². The first kappa shape index (κ1) is 11.2. The van der Waals surface area contributed by atoms with Crippen LogP contribution in [0.25, 0.3) is 0 Å². The molecule has 1 rings (SSSR count). The standard InChI is InChI=1S/C10H13O3S/c1-9-3-5-10(6-4-9)14(11,12)8-7-13-2/h3-6H,2,7-8H2,1H3. The van der Waals surface area contributed by atoms with Gasteiger partial charge in [-0.15, -0.1) is 0 Å². The van der Waals surface area contributed by atoms with Crippen molar-refractivity contribution in [2.45, 2.75) is 11.8 Å². The largest absolute Gasteiger partial charge is 0.378 e. The second kappa shape index (κ2) is 4.57. The zero-order chi connectivity index (χ0) is 10.6. The average Bonchev–Trinajstić information content (AvgIpc) is 2.16. The Bertz CT molecular complexity index is 378. The lowest BCUT2D eigenvalue weighted by molar-refractivity contribution is 0.263. The molecule has 0 saturated carbocycles. The Labute approximate surface area is 84.6 Å². The lowest BCUT2D eigenvalue weighted by atomic mass is 10.2. The summed E-state index contributed by atoms with van der Waals surface area (Å²) in [7, 11) is -0.0721. The highest BCUT2D eigenvalue weighted by Gasteiger charge is 2.12. The SMILES string of the molecule is [CH2]OCCS(=O)(=O)c1ccc(C)cc1. The summed E-state index contributed by atoms with van der Waals surface area (Å²) in [6.45, 7) is 2.03. The maximum absolute atomic E-state index is 11.6. The van der Waals surface area contributed by atoms with E-state index in [0.29, 0.717) is 4.90 Å². The molecule has 4 heteroatoms. The quantitative estimate of drug-likeness (QED) is 0.762. The molecular formula is C10H13O3S. The van der Waals surface area contributed by atoms with Crippen LogP contribution in [0.1, 0.15) is 5.56 Å². The van der Waals surface area contributed by atoms with Gasteiger partial charge in [-0.2, -0.15) is 0 Å². The van der Waals surface area contributed by atoms with E-state index < -0.39 is 9.84 Å². The van der Waals surface area contributed by atoms with Gasteiger partial charge in [-0.05, 0) is 19.1 Å². The fourth-order valence-electron chi connectivity index (χ4n) is 1.03. The molecule has 0 aromatic heterocycles. The van der Waals surface area contributed by atoms with Gasteiger partial charge in [0.1, 0.15) is 0 Å². The van der Waals surface area contributed by atoms with Gasteiger partial charge >= 0.3 is 0 Å². The van der Waals surface area contributed by atoms with Crippen molar-refractivity contribution in [3.05, 3.63) is 36.9 Å². The van der Waals surface area contributed by atoms with E-state index in [-0.39, 0.29) is 12.4 Å². The lowest BCUT2D eigenvalue weighted by Crippen LogP contribution is -2.10. The van der Waals surface area contributed by atoms with Crippen LogP contribution in [0.3, 0.4) is 0 Å². The third kappa shape index (κ3) is 2.82. The van der Waals surface area contributed by atoms with E-state index in [9.17, 15) is 8.42 Å². The van der Waals surface area contributed by atoms with Crippen LogP contribution in [0.4, 0.5) is 0 Å². The highest BCUT2D eigenvalue weighted by molar-refractivity contribution is 7.91. The summed E-state index contributed by atoms with van der Waals surface area (Å²) in [4.78, 5) is 0.333. The van der Waals surface area contributed by atoms with Crippen LogP contribution in [0, 0.1) is 14.0 Å². The van der Waals surface area contributed by atoms with Crippen LogP contribution in [-0.4, -0.2) is 20.8 Å². The molecular weight excluding hydrogens is 200 g/mol. The van der Waals surface area contributed by atoms with Gasteiger partial charge in [0.05, 0.1) is 24.4 Å². The van der Waals surface area contributed by atoms with E-state index in [2.05, 4.69) is 11.8 Å². The number of rotatable bonds is 4. The van der Waals surface area contributed by atoms with E-state index >= 15 is 0 Å². The maximum atomic E-state index is 11.6. The van der Waals surface area contributed by atoms with E-state index in [1.807, 2.05) is 6.92 Å². The molecule has 0 aliphatic carbocycles. The monoisotopic (exact) mass is 213 g/mol. The molecule has 0 saturated heterocycles. The topological polar surface area (TPSA) is 43.4 Å². The Hall–Kier alpha value is -0.870. The van der Waals surface area contributed by atoms with Crippen LogP contribution in [0.5, 0.6) is 0 Å². The van der Waals surface area contributed by atoms with Crippen molar-refractivity contribution in [3.8, 4) is 0 Å². The molecule has 0 unspecified atom stereocenters. The predicted molar refractivity (Wildman–Crippen MR) is 54.5 cm³/mol. The first-order chi connectivity index (χ1) is 6.56. The average molecular weight is 213 g/mol. The first-order valence-corrected chi connectivity index (χ1v) is 5.88. The van der Waals surface area contributed by atoms with Crippen molar-refractivity contribution in [3.63, 3.8) is 0 Å². The molecule has 0 fully saturated rings. The van der Waals surface area contributed by atoms with Crippen molar-refractivity contribution in [2.75, 3.05) is 12.4 Å². The van der Waals surface area contributed by atoms with Gasteiger partial charge in [0.15, 0.2) is 9.84 Å². The number of hydrogen-bond donors (Lipinski definition) is 0. The zero-order valence-corrected chi connectivity index (χ0v) is 8.88. The van der Waals surface area contributed by atoms with E-state index in [1.54, 1.807) is 24.3 Å². The predicted octanol–water partition coefficient (Wildman–Crippen LogP) is 1.58. The third-order valence-electron chi connectivity index (χ3n) is 1.88. The molecule has 0 aliphatic heterocycles. The fraction of sp³-hybridized carbons (Fsp3) is 0.300. The second-order valence-electron chi connectivity index (χ2n) is 3.04. The van der Waals surface area contributed by atoms with Gasteiger partial charge in [0.25, 0.3) is 0 Å². The van der Waals surface area contributed by atoms with Gasteiger partial charge in [-0.25, -0.2) is 8.42 Å². The van der Waals surface area contributed by atoms with Gasteiger partial charge in [-0.3, -0.25) is 0 Å². The Balaban J connectivity index is 2.87. The van der Waals surface area contributed by atoms with E-state index in [1.165, 1.54) is 0 Å². The molecule has 0 bridgehead atoms. The molecule has 0 aliphatic rings. The van der Waals surface area contributed by atoms with Crippen LogP contribution >= 0.6 is 0 Å². The molecule has 0 amide bonds. The number of aryl methyl sites for hydroxylation is 1. The minimum atomic E-state index is -3.20. The molecule has 77 valence electrons. The van der Waals surface area contributed by atoms with Crippen LogP contribution in [0.2, 0.25) is 0 Å². The van der Waals surface area contributed by atoms with Crippen molar-refractivity contribution in [1.82, 2.24) is 0 Å². The molecule has 0 heterocycles. The van der Waals surface area contributed by atoms with Crippen LogP contribution < -0.4 is 0 Å². The molecule has 0 spiro atoms. The summed E-state index contributed by atoms with van der Waals surface area (Å²) in [5.41, 5.74) is 1.04. The zero-order valence-electron chi connectivity index (χ0n) is 8.06. The molecule has 1 aromatic rings. The number of hydrogen-bond acceptors (Lipinski definition) is 3. The summed E-state index contributed by atoms with van der Waals surface area (Å²) in [5.74, 6) is -0.0282. The Morgan fingerprint density at radius 2 is 1.86 bits per heavy atom. The normalized spacial score (nSPS) is 11.6. The van der Waals surface area contributed by atoms with E-state index in [4.69, 9.17) is 0 Å². The minimum Gasteiger partial charge on any atom is -0.378 e. The number of benzene rings is 1. The maximum Gasteiger partial charge on any atom is 0.180 e. The summed E-state index contributed by atoms with van der Waals surface area (Å²) >= 11 is 0. The number of ether oxygens (including phenoxy) is 1. The highest BCUT2D eigenvalue weighted by Crippen LogP contribution is 2.11. The second-order valence-corrected chi connectivity index (χ2v) is 5.15. The van der Waals surface area contributed by atoms with Gasteiger partial charge in [0, 0.05) is 0 Å². The van der Waals surface area contributed by atoms with Crippen molar-refractivity contribution in [2.24, 2.45) is 0 Å². The molecule has 0 N–H and O–H groups in total. The Kier molecular flexibility index (Phi) is 3.66. The molecule has 1 aromatic carbocycles. The van der Waals surface area contributed by atoms with Crippen molar-refractivity contribution < 1.29 is 13.2 Å². The summed E-state index contributed by atoms with van der Waals surface area (Å²) in [5, 5.41) is 0. The van der Waals surface area contributed by atoms with Gasteiger partial charge in [-0.1, -0.05) is 17.7 Å².